The lowest BCUT2D eigenvalue weighted by molar-refractivity contribution is 0.0994. The van der Waals surface area contributed by atoms with E-state index in [2.05, 4.69) is 37.0 Å². The third-order valence-electron chi connectivity index (χ3n) is 4.09. The maximum atomic E-state index is 11.8. The largest absolute Gasteiger partial charge is 0.294 e. The monoisotopic (exact) mass is 286 g/mol. The second kappa shape index (κ2) is 6.03. The van der Waals surface area contributed by atoms with E-state index >= 15 is 0 Å². The molecule has 1 aliphatic carbocycles. The number of fused-ring (bicyclic) bond motifs is 1. The van der Waals surface area contributed by atoms with Gasteiger partial charge in [-0.3, -0.25) is 4.79 Å². The molecule has 0 atom stereocenters. The van der Waals surface area contributed by atoms with Crippen LogP contribution in [0.15, 0.2) is 42.5 Å². The summed E-state index contributed by atoms with van der Waals surface area (Å²) in [5.41, 5.74) is 6.40. The number of Topliss-reactive ketones (excluding diaryl/α,β-unsaturated/α-hetero) is 1. The topological polar surface area (TPSA) is 17.1 Å². The van der Waals surface area contributed by atoms with Gasteiger partial charge in [0.15, 0.2) is 5.78 Å². The predicted octanol–water partition coefficient (Wildman–Crippen LogP) is 4.56. The number of ketones is 1. The van der Waals surface area contributed by atoms with Crippen LogP contribution in [0.4, 0.5) is 0 Å². The quantitative estimate of drug-likeness (QED) is 0.702. The van der Waals surface area contributed by atoms with Crippen molar-refractivity contribution in [1.29, 1.82) is 0 Å². The van der Waals surface area contributed by atoms with E-state index < -0.39 is 0 Å². The van der Waals surface area contributed by atoms with E-state index in [0.29, 0.717) is 6.42 Å². The third-order valence-corrected chi connectivity index (χ3v) is 4.09. The zero-order chi connectivity index (χ0) is 15.5. The maximum Gasteiger partial charge on any atom is 0.163 e. The molecule has 1 aliphatic rings. The second-order valence-electron chi connectivity index (χ2n) is 5.56. The Hall–Kier alpha value is -2.59. The molecule has 1 nitrogen and oxygen atoms in total. The lowest BCUT2D eigenvalue weighted by atomic mass is 9.98. The Morgan fingerprint density at radius 2 is 1.95 bits per heavy atom. The van der Waals surface area contributed by atoms with Crippen molar-refractivity contribution in [2.75, 3.05) is 0 Å². The van der Waals surface area contributed by atoms with E-state index in [-0.39, 0.29) is 5.78 Å². The maximum absolute atomic E-state index is 11.8. The summed E-state index contributed by atoms with van der Waals surface area (Å²) in [5.74, 6) is 6.75. The van der Waals surface area contributed by atoms with Crippen LogP contribution >= 0.6 is 0 Å². The molecule has 1 heteroatoms. The van der Waals surface area contributed by atoms with E-state index in [1.165, 1.54) is 5.56 Å². The number of benzene rings is 2. The SMILES string of the molecule is C/C=C/c1cccc(C#Cc2ccc3c(c2C)CCC3=O)c1. The van der Waals surface area contributed by atoms with Gasteiger partial charge in [0, 0.05) is 23.1 Å². The molecular formula is C21H18O. The first-order valence-corrected chi connectivity index (χ1v) is 7.59. The van der Waals surface area contributed by atoms with Crippen LogP contribution in [0.5, 0.6) is 0 Å². The van der Waals surface area contributed by atoms with Gasteiger partial charge < -0.3 is 0 Å². The molecule has 0 unspecified atom stereocenters. The average molecular weight is 286 g/mol. The summed E-state index contributed by atoms with van der Waals surface area (Å²) in [5, 5.41) is 0. The molecule has 0 spiro atoms. The van der Waals surface area contributed by atoms with Crippen molar-refractivity contribution in [3.63, 3.8) is 0 Å². The molecule has 0 aliphatic heterocycles. The fraction of sp³-hybridized carbons (Fsp3) is 0.190. The van der Waals surface area contributed by atoms with Crippen LogP contribution in [-0.2, 0) is 6.42 Å². The van der Waals surface area contributed by atoms with Gasteiger partial charge >= 0.3 is 0 Å². The molecule has 0 amide bonds. The molecule has 0 N–H and O–H groups in total. The highest BCUT2D eigenvalue weighted by molar-refractivity contribution is 6.01. The van der Waals surface area contributed by atoms with Gasteiger partial charge in [0.1, 0.15) is 0 Å². The Morgan fingerprint density at radius 3 is 2.77 bits per heavy atom. The van der Waals surface area contributed by atoms with Gasteiger partial charge in [-0.15, -0.1) is 0 Å². The highest BCUT2D eigenvalue weighted by atomic mass is 16.1. The Balaban J connectivity index is 1.95. The van der Waals surface area contributed by atoms with E-state index in [4.69, 9.17) is 0 Å². The van der Waals surface area contributed by atoms with Crippen molar-refractivity contribution in [2.24, 2.45) is 0 Å². The molecule has 0 radical (unpaired) electrons. The summed E-state index contributed by atoms with van der Waals surface area (Å²) in [4.78, 5) is 11.8. The first-order chi connectivity index (χ1) is 10.7. The molecule has 3 rings (SSSR count). The summed E-state index contributed by atoms with van der Waals surface area (Å²) in [6, 6.07) is 12.1. The Bertz CT molecular complexity index is 829. The Morgan fingerprint density at radius 1 is 1.09 bits per heavy atom. The fourth-order valence-electron chi connectivity index (χ4n) is 2.90. The molecule has 0 bridgehead atoms. The predicted molar refractivity (Wildman–Crippen MR) is 91.0 cm³/mol. The zero-order valence-electron chi connectivity index (χ0n) is 12.9. The van der Waals surface area contributed by atoms with Crippen LogP contribution < -0.4 is 0 Å². The highest BCUT2D eigenvalue weighted by Crippen LogP contribution is 2.27. The van der Waals surface area contributed by atoms with Crippen molar-refractivity contribution in [3.05, 3.63) is 75.9 Å². The van der Waals surface area contributed by atoms with Gasteiger partial charge in [-0.1, -0.05) is 36.1 Å². The van der Waals surface area contributed by atoms with Crippen molar-refractivity contribution in [3.8, 4) is 11.8 Å². The Labute approximate surface area is 131 Å². The Kier molecular flexibility index (Phi) is 3.94. The summed E-state index contributed by atoms with van der Waals surface area (Å²) >= 11 is 0. The van der Waals surface area contributed by atoms with Gasteiger partial charge in [-0.2, -0.15) is 0 Å². The molecule has 0 aromatic heterocycles. The van der Waals surface area contributed by atoms with Crippen molar-refractivity contribution >= 4 is 11.9 Å². The molecule has 0 saturated carbocycles. The van der Waals surface area contributed by atoms with E-state index in [1.54, 1.807) is 0 Å². The minimum Gasteiger partial charge on any atom is -0.294 e. The van der Waals surface area contributed by atoms with Crippen LogP contribution in [0.1, 0.15) is 51.5 Å². The third kappa shape index (κ3) is 2.73. The molecule has 2 aromatic rings. The first-order valence-electron chi connectivity index (χ1n) is 7.59. The van der Waals surface area contributed by atoms with Crippen molar-refractivity contribution in [2.45, 2.75) is 26.7 Å². The van der Waals surface area contributed by atoms with Crippen LogP contribution in [0, 0.1) is 18.8 Å². The lowest BCUT2D eigenvalue weighted by Gasteiger charge is -2.05. The second-order valence-corrected chi connectivity index (χ2v) is 5.56. The molecule has 0 fully saturated rings. The van der Waals surface area contributed by atoms with Gasteiger partial charge in [-0.05, 0) is 61.2 Å². The van der Waals surface area contributed by atoms with Gasteiger partial charge in [0.25, 0.3) is 0 Å². The van der Waals surface area contributed by atoms with Gasteiger partial charge in [0.2, 0.25) is 0 Å². The average Bonchev–Trinajstić information content (AvgIpc) is 2.90. The fourth-order valence-corrected chi connectivity index (χ4v) is 2.90. The highest BCUT2D eigenvalue weighted by Gasteiger charge is 2.21. The molecular weight excluding hydrogens is 268 g/mol. The summed E-state index contributed by atoms with van der Waals surface area (Å²) in [7, 11) is 0. The molecule has 22 heavy (non-hydrogen) atoms. The number of carbonyl (C=O) groups is 1. The minimum atomic E-state index is 0.261. The van der Waals surface area contributed by atoms with Crippen molar-refractivity contribution in [1.82, 2.24) is 0 Å². The number of allylic oxidation sites excluding steroid dienone is 1. The minimum absolute atomic E-state index is 0.261. The molecule has 0 saturated heterocycles. The standard InChI is InChI=1S/C21H18O/c1-3-5-16-6-4-7-17(14-16)8-9-18-10-11-20-19(15(18)2)12-13-21(20)22/h3-7,10-11,14H,12-13H2,1-2H3/b5-3+. The van der Waals surface area contributed by atoms with E-state index in [9.17, 15) is 4.79 Å². The smallest absolute Gasteiger partial charge is 0.163 e. The first kappa shape index (κ1) is 14.4. The molecule has 0 heterocycles. The number of hydrogen-bond donors (Lipinski definition) is 0. The lowest BCUT2D eigenvalue weighted by Crippen LogP contribution is -1.95. The summed E-state index contributed by atoms with van der Waals surface area (Å²) in [6.45, 7) is 4.07. The number of hydrogen-bond acceptors (Lipinski definition) is 1. The van der Waals surface area contributed by atoms with Gasteiger partial charge in [-0.25, -0.2) is 0 Å². The van der Waals surface area contributed by atoms with E-state index in [0.717, 1.165) is 34.2 Å². The van der Waals surface area contributed by atoms with Crippen LogP contribution in [0.25, 0.3) is 6.08 Å². The molecule has 108 valence electrons. The van der Waals surface area contributed by atoms with Crippen molar-refractivity contribution < 1.29 is 4.79 Å². The summed E-state index contributed by atoms with van der Waals surface area (Å²) < 4.78 is 0. The number of carbonyl (C=O) groups excluding carboxylic acids is 1. The number of rotatable bonds is 1. The summed E-state index contributed by atoms with van der Waals surface area (Å²) in [6.07, 6.45) is 5.58. The van der Waals surface area contributed by atoms with Gasteiger partial charge in [0.05, 0.1) is 0 Å². The van der Waals surface area contributed by atoms with E-state index in [1.807, 2.05) is 37.3 Å². The van der Waals surface area contributed by atoms with Crippen LogP contribution in [0.2, 0.25) is 0 Å². The zero-order valence-corrected chi connectivity index (χ0v) is 12.9. The van der Waals surface area contributed by atoms with Crippen LogP contribution in [0.3, 0.4) is 0 Å². The van der Waals surface area contributed by atoms with Crippen LogP contribution in [-0.4, -0.2) is 5.78 Å². The normalized spacial score (nSPS) is 13.1. The molecule has 2 aromatic carbocycles.